The first-order chi connectivity index (χ1) is 15.4. The Balaban J connectivity index is 1.56. The molecule has 9 heteroatoms. The summed E-state index contributed by atoms with van der Waals surface area (Å²) in [6.07, 6.45) is 4.03. The lowest BCUT2D eigenvalue weighted by atomic mass is 9.87. The van der Waals surface area contributed by atoms with Gasteiger partial charge in [0.1, 0.15) is 6.04 Å². The fourth-order valence-corrected chi connectivity index (χ4v) is 5.11. The Morgan fingerprint density at radius 2 is 1.97 bits per heavy atom. The number of nitrogens with two attached hydrogens (primary N) is 1. The molecule has 1 amide bonds. The standard InChI is InChI=1S/C23H21F2N5OS/c24-23(25)11-6-9-16(26)20(23)29-21(31)22-28-18(19(32-22)14-7-2-1-3-8-14)15-13-27-30-12-5-4-10-17(15)30/h1-5,7-8,10,12-13,16,20H,6,9,11,26H2,(H,29,31)/t16-,20-/m1/s1. The van der Waals surface area contributed by atoms with E-state index in [4.69, 9.17) is 5.73 Å². The maximum atomic E-state index is 14.4. The molecule has 3 heterocycles. The smallest absolute Gasteiger partial charge is 0.280 e. The molecule has 6 nitrogen and oxygen atoms in total. The van der Waals surface area contributed by atoms with E-state index < -0.39 is 23.9 Å². The molecular formula is C23H21F2N5OS. The third kappa shape index (κ3) is 3.67. The van der Waals surface area contributed by atoms with Crippen molar-refractivity contribution in [3.8, 4) is 21.7 Å². The molecule has 5 rings (SSSR count). The van der Waals surface area contributed by atoms with E-state index in [9.17, 15) is 13.6 Å². The van der Waals surface area contributed by atoms with Crippen molar-refractivity contribution in [2.45, 2.75) is 37.3 Å². The number of carbonyl (C=O) groups is 1. The first-order valence-electron chi connectivity index (χ1n) is 10.4. The van der Waals surface area contributed by atoms with Crippen LogP contribution in [0.15, 0.2) is 60.9 Å². The molecule has 0 unspecified atom stereocenters. The number of hydrogen-bond donors (Lipinski definition) is 2. The molecule has 1 aromatic carbocycles. The van der Waals surface area contributed by atoms with Crippen molar-refractivity contribution in [2.24, 2.45) is 5.73 Å². The van der Waals surface area contributed by atoms with Gasteiger partial charge in [0.25, 0.3) is 11.8 Å². The van der Waals surface area contributed by atoms with E-state index >= 15 is 0 Å². The van der Waals surface area contributed by atoms with Crippen LogP contribution in [0.5, 0.6) is 0 Å². The van der Waals surface area contributed by atoms with Crippen molar-refractivity contribution in [1.82, 2.24) is 19.9 Å². The number of thiazole rings is 1. The number of hydrogen-bond acceptors (Lipinski definition) is 5. The number of nitrogens with zero attached hydrogens (tertiary/aromatic N) is 3. The zero-order valence-electron chi connectivity index (χ0n) is 17.0. The highest BCUT2D eigenvalue weighted by molar-refractivity contribution is 7.17. The van der Waals surface area contributed by atoms with Gasteiger partial charge in [-0.25, -0.2) is 18.3 Å². The molecule has 1 fully saturated rings. The monoisotopic (exact) mass is 453 g/mol. The number of carbonyl (C=O) groups excluding carboxylic acids is 1. The number of halogens is 2. The first-order valence-corrected chi connectivity index (χ1v) is 11.2. The highest BCUT2D eigenvalue weighted by Gasteiger charge is 2.46. The van der Waals surface area contributed by atoms with Gasteiger partial charge in [-0.3, -0.25) is 4.79 Å². The lowest BCUT2D eigenvalue weighted by Gasteiger charge is -2.36. The molecule has 1 saturated carbocycles. The highest BCUT2D eigenvalue weighted by atomic mass is 32.1. The van der Waals surface area contributed by atoms with E-state index in [0.29, 0.717) is 18.5 Å². The van der Waals surface area contributed by atoms with Gasteiger partial charge in [0.2, 0.25) is 0 Å². The summed E-state index contributed by atoms with van der Waals surface area (Å²) in [6, 6.07) is 13.0. The van der Waals surface area contributed by atoms with Gasteiger partial charge in [-0.2, -0.15) is 5.10 Å². The van der Waals surface area contributed by atoms with E-state index in [1.807, 2.05) is 54.7 Å². The predicted octanol–water partition coefficient (Wildman–Crippen LogP) is 4.37. The lowest BCUT2D eigenvalue weighted by molar-refractivity contribution is -0.0674. The molecular weight excluding hydrogens is 432 g/mol. The molecule has 1 aliphatic carbocycles. The summed E-state index contributed by atoms with van der Waals surface area (Å²) in [7, 11) is 0. The number of nitrogens with one attached hydrogen (secondary N) is 1. The van der Waals surface area contributed by atoms with E-state index in [1.54, 1.807) is 10.7 Å². The number of pyridine rings is 1. The zero-order chi connectivity index (χ0) is 22.3. The van der Waals surface area contributed by atoms with Crippen LogP contribution < -0.4 is 11.1 Å². The first kappa shape index (κ1) is 20.7. The summed E-state index contributed by atoms with van der Waals surface area (Å²) >= 11 is 1.17. The van der Waals surface area contributed by atoms with E-state index in [-0.39, 0.29) is 11.4 Å². The molecule has 2 atom stereocenters. The second-order valence-corrected chi connectivity index (χ2v) is 8.92. The van der Waals surface area contributed by atoms with Crippen molar-refractivity contribution < 1.29 is 13.6 Å². The molecule has 1 aliphatic rings. The lowest BCUT2D eigenvalue weighted by Crippen LogP contribution is -2.59. The Morgan fingerprint density at radius 1 is 1.19 bits per heavy atom. The molecule has 0 saturated heterocycles. The number of alkyl halides is 2. The Bertz CT molecular complexity index is 1270. The molecule has 3 aromatic heterocycles. The van der Waals surface area contributed by atoms with Crippen LogP contribution in [0.25, 0.3) is 27.2 Å². The van der Waals surface area contributed by atoms with Crippen LogP contribution in [-0.2, 0) is 0 Å². The average Bonchev–Trinajstić information content (AvgIpc) is 3.41. The Labute approximate surface area is 187 Å². The van der Waals surface area contributed by atoms with Crippen LogP contribution >= 0.6 is 11.3 Å². The Kier molecular flexibility index (Phi) is 5.22. The summed E-state index contributed by atoms with van der Waals surface area (Å²) in [4.78, 5) is 18.4. The van der Waals surface area contributed by atoms with Gasteiger partial charge in [-0.05, 0) is 30.5 Å². The summed E-state index contributed by atoms with van der Waals surface area (Å²) < 4.78 is 30.6. The molecule has 164 valence electrons. The number of aromatic nitrogens is 3. The second kappa shape index (κ2) is 8.07. The van der Waals surface area contributed by atoms with Crippen LogP contribution in [-0.4, -0.2) is 38.5 Å². The van der Waals surface area contributed by atoms with Gasteiger partial charge in [-0.15, -0.1) is 11.3 Å². The van der Waals surface area contributed by atoms with Gasteiger partial charge < -0.3 is 11.1 Å². The zero-order valence-corrected chi connectivity index (χ0v) is 17.9. The minimum atomic E-state index is -3.04. The third-order valence-electron chi connectivity index (χ3n) is 5.76. The number of rotatable bonds is 4. The maximum Gasteiger partial charge on any atom is 0.280 e. The van der Waals surface area contributed by atoms with Crippen molar-refractivity contribution in [1.29, 1.82) is 0 Å². The molecule has 0 aliphatic heterocycles. The molecule has 0 spiro atoms. The highest BCUT2D eigenvalue weighted by Crippen LogP contribution is 2.39. The maximum absolute atomic E-state index is 14.4. The van der Waals surface area contributed by atoms with E-state index in [0.717, 1.165) is 21.5 Å². The van der Waals surface area contributed by atoms with Crippen LogP contribution in [0.2, 0.25) is 0 Å². The Morgan fingerprint density at radius 3 is 2.75 bits per heavy atom. The van der Waals surface area contributed by atoms with Crippen LogP contribution in [0.3, 0.4) is 0 Å². The summed E-state index contributed by atoms with van der Waals surface area (Å²) in [5, 5.41) is 6.95. The quantitative estimate of drug-likeness (QED) is 0.481. The molecule has 32 heavy (non-hydrogen) atoms. The molecule has 0 bridgehead atoms. The normalized spacial score (nSPS) is 20.3. The second-order valence-electron chi connectivity index (χ2n) is 7.92. The largest absolute Gasteiger partial charge is 0.340 e. The summed E-state index contributed by atoms with van der Waals surface area (Å²) in [5.41, 5.74) is 9.00. The predicted molar refractivity (Wildman–Crippen MR) is 120 cm³/mol. The fraction of sp³-hybridized carbons (Fsp3) is 0.261. The summed E-state index contributed by atoms with van der Waals surface area (Å²) in [5.74, 6) is -3.69. The SMILES string of the molecule is N[C@@H]1CCCC(F)(F)[C@@H]1NC(=O)c1nc(-c2cnn3ccccc23)c(-c2ccccc2)s1. The van der Waals surface area contributed by atoms with Crippen molar-refractivity contribution in [3.05, 3.63) is 65.9 Å². The van der Waals surface area contributed by atoms with Crippen LogP contribution in [0.1, 0.15) is 29.1 Å². The van der Waals surface area contributed by atoms with Gasteiger partial charge in [0, 0.05) is 24.2 Å². The molecule has 4 aromatic rings. The minimum Gasteiger partial charge on any atom is -0.340 e. The van der Waals surface area contributed by atoms with Crippen molar-refractivity contribution in [2.75, 3.05) is 0 Å². The number of amides is 1. The molecule has 0 radical (unpaired) electrons. The van der Waals surface area contributed by atoms with Gasteiger partial charge >= 0.3 is 0 Å². The van der Waals surface area contributed by atoms with Gasteiger partial charge in [0.15, 0.2) is 5.01 Å². The van der Waals surface area contributed by atoms with Crippen LogP contribution in [0, 0.1) is 0 Å². The fourth-order valence-electron chi connectivity index (χ4n) is 4.13. The van der Waals surface area contributed by atoms with E-state index in [2.05, 4.69) is 15.4 Å². The summed E-state index contributed by atoms with van der Waals surface area (Å²) in [6.45, 7) is 0. The topological polar surface area (TPSA) is 85.3 Å². The van der Waals surface area contributed by atoms with Gasteiger partial charge in [0.05, 0.1) is 22.3 Å². The van der Waals surface area contributed by atoms with Crippen molar-refractivity contribution >= 4 is 22.8 Å². The Hall–Kier alpha value is -3.17. The average molecular weight is 454 g/mol. The van der Waals surface area contributed by atoms with Gasteiger partial charge in [-0.1, -0.05) is 36.4 Å². The van der Waals surface area contributed by atoms with E-state index in [1.165, 1.54) is 11.3 Å². The number of fused-ring (bicyclic) bond motifs is 1. The minimum absolute atomic E-state index is 0.114. The van der Waals surface area contributed by atoms with Crippen molar-refractivity contribution in [3.63, 3.8) is 0 Å². The molecule has 3 N–H and O–H groups in total. The van der Waals surface area contributed by atoms with Crippen LogP contribution in [0.4, 0.5) is 8.78 Å². The third-order valence-corrected chi connectivity index (χ3v) is 6.86. The number of benzene rings is 1.